The maximum absolute atomic E-state index is 14.1. The molecule has 2 aliphatic rings. The van der Waals surface area contributed by atoms with Crippen LogP contribution in [0.5, 0.6) is 5.75 Å². The number of likely N-dealkylation sites (N-methyl/N-ethyl adjacent to an activating group) is 1. The minimum Gasteiger partial charge on any atom is -0.481 e. The molecule has 0 aromatic heterocycles. The summed E-state index contributed by atoms with van der Waals surface area (Å²) in [5, 5.41) is 2.80. The molecule has 0 bridgehead atoms. The number of fused-ring (bicyclic) bond motifs is 1. The summed E-state index contributed by atoms with van der Waals surface area (Å²) in [4.78, 5) is 27.2. The van der Waals surface area contributed by atoms with Crippen molar-refractivity contribution in [2.75, 3.05) is 13.1 Å². The molecule has 1 aliphatic carbocycles. The molecule has 0 spiro atoms. The van der Waals surface area contributed by atoms with Crippen molar-refractivity contribution in [3.63, 3.8) is 0 Å². The van der Waals surface area contributed by atoms with Gasteiger partial charge in [0.2, 0.25) is 5.91 Å². The van der Waals surface area contributed by atoms with E-state index in [9.17, 15) is 14.0 Å². The van der Waals surface area contributed by atoms with Gasteiger partial charge in [-0.2, -0.15) is 0 Å². The van der Waals surface area contributed by atoms with Gasteiger partial charge in [0.25, 0.3) is 5.91 Å². The van der Waals surface area contributed by atoms with E-state index in [1.807, 2.05) is 43.0 Å². The summed E-state index contributed by atoms with van der Waals surface area (Å²) >= 11 is 0. The molecular formula is C25H29FN2O3. The van der Waals surface area contributed by atoms with Gasteiger partial charge in [0, 0.05) is 19.0 Å². The van der Waals surface area contributed by atoms with Gasteiger partial charge in [-0.25, -0.2) is 4.39 Å². The number of rotatable bonds is 7. The van der Waals surface area contributed by atoms with Gasteiger partial charge in [-0.05, 0) is 73.6 Å². The molecule has 0 radical (unpaired) electrons. The van der Waals surface area contributed by atoms with Crippen LogP contribution in [0.4, 0.5) is 4.39 Å². The van der Waals surface area contributed by atoms with Gasteiger partial charge in [0.1, 0.15) is 11.6 Å². The fourth-order valence-corrected chi connectivity index (χ4v) is 4.28. The summed E-state index contributed by atoms with van der Waals surface area (Å²) in [6.45, 7) is 4.94. The van der Waals surface area contributed by atoms with Crippen LogP contribution in [-0.4, -0.2) is 35.9 Å². The maximum atomic E-state index is 14.1. The van der Waals surface area contributed by atoms with Crippen LogP contribution in [0.15, 0.2) is 42.5 Å². The number of ether oxygens (including phenoxy) is 1. The van der Waals surface area contributed by atoms with Crippen molar-refractivity contribution in [3.8, 4) is 5.75 Å². The summed E-state index contributed by atoms with van der Waals surface area (Å²) < 4.78 is 20.1. The highest BCUT2D eigenvalue weighted by molar-refractivity contribution is 5.82. The average Bonchev–Trinajstić information content (AvgIpc) is 3.61. The molecule has 1 fully saturated rings. The van der Waals surface area contributed by atoms with E-state index in [1.54, 1.807) is 6.07 Å². The zero-order valence-corrected chi connectivity index (χ0v) is 18.1. The molecular weight excluding hydrogens is 395 g/mol. The molecule has 31 heavy (non-hydrogen) atoms. The summed E-state index contributed by atoms with van der Waals surface area (Å²) in [6.07, 6.45) is 2.55. The molecule has 6 heteroatoms. The Hall–Kier alpha value is -2.89. The van der Waals surface area contributed by atoms with Crippen molar-refractivity contribution in [2.45, 2.75) is 51.7 Å². The molecule has 2 atom stereocenters. The van der Waals surface area contributed by atoms with E-state index in [-0.39, 0.29) is 29.6 Å². The molecule has 1 aliphatic heterocycles. The Bertz CT molecular complexity index is 973. The minimum absolute atomic E-state index is 0.0826. The first kappa shape index (κ1) is 21.3. The Balaban J connectivity index is 1.70. The first-order valence-electron chi connectivity index (χ1n) is 11.1. The number of amides is 2. The second-order valence-electron chi connectivity index (χ2n) is 8.28. The van der Waals surface area contributed by atoms with E-state index in [0.717, 1.165) is 36.0 Å². The standard InChI is InChI=1S/C25H29FN2O3/c1-3-22(24(29)27-4-2)31-20-11-10-16-12-13-28(25(30)17-8-9-17)23(21(16)15-20)18-6-5-7-19(26)14-18/h5-7,10-11,14-15,17,22-23H,3-4,8-9,12-13H2,1-2H3,(H,27,29)/t22-,23+/m0/s1. The number of carbonyl (C=O) groups excluding carboxylic acids is 2. The third-order valence-corrected chi connectivity index (χ3v) is 6.01. The molecule has 2 amide bonds. The highest BCUT2D eigenvalue weighted by atomic mass is 19.1. The van der Waals surface area contributed by atoms with E-state index >= 15 is 0 Å². The summed E-state index contributed by atoms with van der Waals surface area (Å²) in [7, 11) is 0. The smallest absolute Gasteiger partial charge is 0.261 e. The van der Waals surface area contributed by atoms with Crippen LogP contribution in [0, 0.1) is 11.7 Å². The zero-order valence-electron chi connectivity index (χ0n) is 18.1. The lowest BCUT2D eigenvalue weighted by Gasteiger charge is -2.38. The van der Waals surface area contributed by atoms with Crippen molar-refractivity contribution < 1.29 is 18.7 Å². The van der Waals surface area contributed by atoms with E-state index < -0.39 is 6.10 Å². The number of hydrogen-bond acceptors (Lipinski definition) is 3. The predicted octanol–water partition coefficient (Wildman–Crippen LogP) is 4.00. The SMILES string of the molecule is CCNC(=O)[C@H](CC)Oc1ccc2c(c1)[C@@H](c1cccc(F)c1)N(C(=O)C1CC1)CC2. The Morgan fingerprint density at radius 1 is 1.19 bits per heavy atom. The van der Waals surface area contributed by atoms with Crippen LogP contribution in [-0.2, 0) is 16.0 Å². The van der Waals surface area contributed by atoms with E-state index in [4.69, 9.17) is 4.74 Å². The third kappa shape index (κ3) is 4.58. The monoisotopic (exact) mass is 424 g/mol. The Morgan fingerprint density at radius 3 is 2.68 bits per heavy atom. The molecule has 0 unspecified atom stereocenters. The fourth-order valence-electron chi connectivity index (χ4n) is 4.28. The molecule has 0 saturated heterocycles. The lowest BCUT2D eigenvalue weighted by Crippen LogP contribution is -2.41. The van der Waals surface area contributed by atoms with Crippen molar-refractivity contribution in [1.29, 1.82) is 0 Å². The van der Waals surface area contributed by atoms with Gasteiger partial charge in [-0.3, -0.25) is 9.59 Å². The molecule has 164 valence electrons. The lowest BCUT2D eigenvalue weighted by molar-refractivity contribution is -0.134. The lowest BCUT2D eigenvalue weighted by atomic mass is 9.87. The van der Waals surface area contributed by atoms with Crippen molar-refractivity contribution >= 4 is 11.8 Å². The van der Waals surface area contributed by atoms with Gasteiger partial charge in [-0.15, -0.1) is 0 Å². The van der Waals surface area contributed by atoms with Crippen LogP contribution in [0.1, 0.15) is 55.8 Å². The van der Waals surface area contributed by atoms with Crippen molar-refractivity contribution in [2.24, 2.45) is 5.92 Å². The normalized spacial score (nSPS) is 18.8. The van der Waals surface area contributed by atoms with Gasteiger partial charge < -0.3 is 15.0 Å². The van der Waals surface area contributed by atoms with E-state index in [2.05, 4.69) is 5.32 Å². The maximum Gasteiger partial charge on any atom is 0.261 e. The average molecular weight is 425 g/mol. The van der Waals surface area contributed by atoms with Crippen LogP contribution >= 0.6 is 0 Å². The second kappa shape index (κ2) is 9.08. The summed E-state index contributed by atoms with van der Waals surface area (Å²) in [5.41, 5.74) is 2.81. The van der Waals surface area contributed by atoms with E-state index in [0.29, 0.717) is 25.3 Å². The van der Waals surface area contributed by atoms with Gasteiger partial charge in [-0.1, -0.05) is 25.1 Å². The number of hydrogen-bond donors (Lipinski definition) is 1. The summed E-state index contributed by atoms with van der Waals surface area (Å²) in [6, 6.07) is 11.9. The van der Waals surface area contributed by atoms with Crippen LogP contribution in [0.3, 0.4) is 0 Å². The quantitative estimate of drug-likeness (QED) is 0.731. The number of halogens is 1. The highest BCUT2D eigenvalue weighted by Crippen LogP contribution is 2.41. The molecule has 2 aromatic carbocycles. The second-order valence-corrected chi connectivity index (χ2v) is 8.28. The third-order valence-electron chi connectivity index (χ3n) is 6.01. The fraction of sp³-hybridized carbons (Fsp3) is 0.440. The molecule has 1 heterocycles. The van der Waals surface area contributed by atoms with Crippen LogP contribution < -0.4 is 10.1 Å². The van der Waals surface area contributed by atoms with Crippen molar-refractivity contribution in [1.82, 2.24) is 10.2 Å². The van der Waals surface area contributed by atoms with Crippen LogP contribution in [0.2, 0.25) is 0 Å². The topological polar surface area (TPSA) is 58.6 Å². The predicted molar refractivity (Wildman–Crippen MR) is 116 cm³/mol. The molecule has 2 aromatic rings. The van der Waals surface area contributed by atoms with E-state index in [1.165, 1.54) is 12.1 Å². The molecule has 1 saturated carbocycles. The Morgan fingerprint density at radius 2 is 2.00 bits per heavy atom. The van der Waals surface area contributed by atoms with Crippen molar-refractivity contribution in [3.05, 3.63) is 65.0 Å². The summed E-state index contributed by atoms with van der Waals surface area (Å²) in [5.74, 6) is 0.339. The van der Waals surface area contributed by atoms with Crippen LogP contribution in [0.25, 0.3) is 0 Å². The largest absolute Gasteiger partial charge is 0.481 e. The Kier molecular flexibility index (Phi) is 6.25. The van der Waals surface area contributed by atoms with Gasteiger partial charge >= 0.3 is 0 Å². The number of benzene rings is 2. The number of nitrogens with one attached hydrogen (secondary N) is 1. The zero-order chi connectivity index (χ0) is 22.0. The molecule has 4 rings (SSSR count). The first-order valence-corrected chi connectivity index (χ1v) is 11.1. The molecule has 5 nitrogen and oxygen atoms in total. The number of carbonyl (C=O) groups is 2. The number of nitrogens with zero attached hydrogens (tertiary/aromatic N) is 1. The highest BCUT2D eigenvalue weighted by Gasteiger charge is 2.39. The van der Waals surface area contributed by atoms with Gasteiger partial charge in [0.15, 0.2) is 6.10 Å². The first-order chi connectivity index (χ1) is 15.0. The van der Waals surface area contributed by atoms with Gasteiger partial charge in [0.05, 0.1) is 6.04 Å². The minimum atomic E-state index is -0.585. The molecule has 1 N–H and O–H groups in total. The Labute approximate surface area is 182 Å².